The summed E-state index contributed by atoms with van der Waals surface area (Å²) < 4.78 is 25.7. The molecule has 3 rings (SSSR count). The molecule has 3 aromatic carbocycles. The molecule has 160 valence electrons. The van der Waals surface area contributed by atoms with Gasteiger partial charge in [-0.1, -0.05) is 43.3 Å². The number of para-hydroxylation sites is 1. The van der Waals surface area contributed by atoms with Gasteiger partial charge in [0, 0.05) is 17.3 Å². The van der Waals surface area contributed by atoms with Gasteiger partial charge in [0.25, 0.3) is 0 Å². The van der Waals surface area contributed by atoms with Gasteiger partial charge >= 0.3 is 0 Å². The van der Waals surface area contributed by atoms with Crippen molar-refractivity contribution < 1.29 is 18.7 Å². The lowest BCUT2D eigenvalue weighted by molar-refractivity contribution is -0.111. The summed E-state index contributed by atoms with van der Waals surface area (Å²) in [4.78, 5) is 12.4. The van der Waals surface area contributed by atoms with Crippen molar-refractivity contribution in [3.63, 3.8) is 0 Å². The topological polar surface area (TPSA) is 47.6 Å². The molecule has 0 bridgehead atoms. The van der Waals surface area contributed by atoms with Crippen LogP contribution in [0, 0.1) is 5.82 Å². The number of halogens is 2. The van der Waals surface area contributed by atoms with Crippen LogP contribution in [0.4, 0.5) is 10.1 Å². The minimum absolute atomic E-state index is 0.0655. The van der Waals surface area contributed by atoms with Crippen molar-refractivity contribution in [2.45, 2.75) is 20.0 Å². The summed E-state index contributed by atoms with van der Waals surface area (Å²) in [6.45, 7) is 2.11. The average molecular weight is 484 g/mol. The highest BCUT2D eigenvalue weighted by Gasteiger charge is 2.13. The van der Waals surface area contributed by atoms with E-state index in [2.05, 4.69) is 21.2 Å². The summed E-state index contributed by atoms with van der Waals surface area (Å²) in [5.41, 5.74) is 3.07. The van der Waals surface area contributed by atoms with Crippen molar-refractivity contribution in [3.8, 4) is 11.5 Å². The first-order chi connectivity index (χ1) is 15.0. The molecular formula is C25H23BrFNO3. The number of ether oxygens (including phenoxy) is 2. The van der Waals surface area contributed by atoms with Crippen molar-refractivity contribution in [2.75, 3.05) is 12.4 Å². The second-order valence-corrected chi connectivity index (χ2v) is 7.60. The summed E-state index contributed by atoms with van der Waals surface area (Å²) in [5.74, 6) is 0.384. The van der Waals surface area contributed by atoms with Crippen LogP contribution in [0.3, 0.4) is 0 Å². The minimum atomic E-state index is -0.326. The van der Waals surface area contributed by atoms with E-state index >= 15 is 0 Å². The van der Waals surface area contributed by atoms with Crippen molar-refractivity contribution in [2.24, 2.45) is 0 Å². The van der Waals surface area contributed by atoms with Crippen LogP contribution in [0.25, 0.3) is 6.08 Å². The monoisotopic (exact) mass is 483 g/mol. The Morgan fingerprint density at radius 3 is 2.52 bits per heavy atom. The van der Waals surface area contributed by atoms with Gasteiger partial charge in [-0.3, -0.25) is 4.79 Å². The third-order valence-corrected chi connectivity index (χ3v) is 5.25. The van der Waals surface area contributed by atoms with E-state index in [9.17, 15) is 9.18 Å². The summed E-state index contributed by atoms with van der Waals surface area (Å²) in [5, 5.41) is 2.90. The fourth-order valence-electron chi connectivity index (χ4n) is 3.04. The van der Waals surface area contributed by atoms with Crippen LogP contribution >= 0.6 is 15.9 Å². The van der Waals surface area contributed by atoms with Gasteiger partial charge in [-0.15, -0.1) is 0 Å². The maximum atomic E-state index is 13.8. The first-order valence-electron chi connectivity index (χ1n) is 9.82. The normalized spacial score (nSPS) is 10.8. The second kappa shape index (κ2) is 10.8. The number of rotatable bonds is 8. The number of carbonyl (C=O) groups is 1. The van der Waals surface area contributed by atoms with Crippen LogP contribution in [-0.4, -0.2) is 13.0 Å². The molecule has 6 heteroatoms. The van der Waals surface area contributed by atoms with Gasteiger partial charge < -0.3 is 14.8 Å². The van der Waals surface area contributed by atoms with E-state index < -0.39 is 0 Å². The Labute approximate surface area is 189 Å². The fraction of sp³-hybridized carbons (Fsp3) is 0.160. The highest BCUT2D eigenvalue weighted by molar-refractivity contribution is 9.10. The SMILES string of the molecule is CCc1ccccc1NC(=O)/C=C/c1cc(Br)c(OCc2ccccc2F)c(OC)c1. The summed E-state index contributed by atoms with van der Waals surface area (Å²) in [7, 11) is 1.53. The number of amides is 1. The quantitative estimate of drug-likeness (QED) is 0.377. The Hall–Kier alpha value is -3.12. The van der Waals surface area contributed by atoms with Gasteiger partial charge in [0.05, 0.1) is 11.6 Å². The average Bonchev–Trinajstić information content (AvgIpc) is 2.78. The standard InChI is InChI=1S/C25H23BrFNO3/c1-3-18-8-5-7-11-22(18)28-24(29)13-12-17-14-20(26)25(23(15-17)30-2)31-16-19-9-4-6-10-21(19)27/h4-15H,3,16H2,1-2H3,(H,28,29)/b13-12+. The lowest BCUT2D eigenvalue weighted by Crippen LogP contribution is -2.09. The Bertz CT molecular complexity index is 1100. The number of aryl methyl sites for hydroxylation is 1. The third kappa shape index (κ3) is 5.95. The van der Waals surface area contributed by atoms with Crippen molar-refractivity contribution in [3.05, 3.63) is 93.7 Å². The molecule has 0 saturated carbocycles. The molecule has 0 unspecified atom stereocenters. The Morgan fingerprint density at radius 1 is 1.10 bits per heavy atom. The molecule has 1 amide bonds. The summed E-state index contributed by atoms with van der Waals surface area (Å²) >= 11 is 3.48. The van der Waals surface area contributed by atoms with Crippen LogP contribution in [0.1, 0.15) is 23.6 Å². The zero-order valence-corrected chi connectivity index (χ0v) is 18.9. The van der Waals surface area contributed by atoms with Gasteiger partial charge in [0.2, 0.25) is 5.91 Å². The van der Waals surface area contributed by atoms with E-state index in [1.165, 1.54) is 19.3 Å². The summed E-state index contributed by atoms with van der Waals surface area (Å²) in [6.07, 6.45) is 3.99. The molecule has 1 N–H and O–H groups in total. The number of nitrogens with one attached hydrogen (secondary N) is 1. The van der Waals surface area contributed by atoms with Gasteiger partial charge in [-0.2, -0.15) is 0 Å². The van der Waals surface area contributed by atoms with Crippen molar-refractivity contribution >= 4 is 33.6 Å². The first-order valence-corrected chi connectivity index (χ1v) is 10.6. The molecule has 0 fully saturated rings. The van der Waals surface area contributed by atoms with E-state index in [0.29, 0.717) is 21.5 Å². The molecule has 0 heterocycles. The molecule has 3 aromatic rings. The van der Waals surface area contributed by atoms with Crippen LogP contribution in [-0.2, 0) is 17.8 Å². The molecule has 4 nitrogen and oxygen atoms in total. The Balaban J connectivity index is 1.73. The van der Waals surface area contributed by atoms with E-state index in [4.69, 9.17) is 9.47 Å². The predicted molar refractivity (Wildman–Crippen MR) is 125 cm³/mol. The van der Waals surface area contributed by atoms with Crippen molar-refractivity contribution in [1.29, 1.82) is 0 Å². The van der Waals surface area contributed by atoms with Crippen LogP contribution in [0.5, 0.6) is 11.5 Å². The smallest absolute Gasteiger partial charge is 0.248 e. The lowest BCUT2D eigenvalue weighted by Gasteiger charge is -2.14. The van der Waals surface area contributed by atoms with E-state index in [1.807, 2.05) is 37.3 Å². The molecule has 0 aromatic heterocycles. The lowest BCUT2D eigenvalue weighted by atomic mass is 10.1. The number of carbonyl (C=O) groups excluding carboxylic acids is 1. The van der Waals surface area contributed by atoms with Crippen LogP contribution < -0.4 is 14.8 Å². The van der Waals surface area contributed by atoms with Crippen LogP contribution in [0.15, 0.2) is 71.2 Å². The molecule has 0 radical (unpaired) electrons. The highest BCUT2D eigenvalue weighted by Crippen LogP contribution is 2.37. The minimum Gasteiger partial charge on any atom is -0.493 e. The Kier molecular flexibility index (Phi) is 7.84. The maximum Gasteiger partial charge on any atom is 0.248 e. The molecule has 0 saturated heterocycles. The fourth-order valence-corrected chi connectivity index (χ4v) is 3.61. The first kappa shape index (κ1) is 22.6. The van der Waals surface area contributed by atoms with E-state index in [1.54, 1.807) is 30.3 Å². The molecule has 31 heavy (non-hydrogen) atoms. The zero-order chi connectivity index (χ0) is 22.2. The molecule has 0 atom stereocenters. The number of anilines is 1. The van der Waals surface area contributed by atoms with Gasteiger partial charge in [0.1, 0.15) is 12.4 Å². The maximum absolute atomic E-state index is 13.8. The molecular weight excluding hydrogens is 461 g/mol. The van der Waals surface area contributed by atoms with Gasteiger partial charge in [0.15, 0.2) is 11.5 Å². The van der Waals surface area contributed by atoms with E-state index in [0.717, 1.165) is 23.2 Å². The van der Waals surface area contributed by atoms with Gasteiger partial charge in [-0.25, -0.2) is 4.39 Å². The van der Waals surface area contributed by atoms with Crippen molar-refractivity contribution in [1.82, 2.24) is 0 Å². The Morgan fingerprint density at radius 2 is 1.81 bits per heavy atom. The largest absolute Gasteiger partial charge is 0.493 e. The highest BCUT2D eigenvalue weighted by atomic mass is 79.9. The number of benzene rings is 3. The number of hydrogen-bond acceptors (Lipinski definition) is 3. The number of hydrogen-bond donors (Lipinski definition) is 1. The van der Waals surface area contributed by atoms with Crippen LogP contribution in [0.2, 0.25) is 0 Å². The third-order valence-electron chi connectivity index (χ3n) is 4.66. The molecule has 0 aliphatic heterocycles. The zero-order valence-electron chi connectivity index (χ0n) is 17.3. The molecule has 0 aliphatic rings. The number of methoxy groups -OCH3 is 1. The van der Waals surface area contributed by atoms with E-state index in [-0.39, 0.29) is 18.3 Å². The molecule has 0 spiro atoms. The predicted octanol–water partition coefficient (Wildman–Crippen LogP) is 6.39. The second-order valence-electron chi connectivity index (χ2n) is 6.75. The van der Waals surface area contributed by atoms with Gasteiger partial charge in [-0.05, 0) is 63.8 Å². The summed E-state index contributed by atoms with van der Waals surface area (Å²) in [6, 6.07) is 17.7. The molecule has 0 aliphatic carbocycles.